The van der Waals surface area contributed by atoms with Crippen LogP contribution in [0.15, 0.2) is 54.6 Å². The largest absolute Gasteiger partial charge is 0.347 e. The molecule has 1 unspecified atom stereocenters. The van der Waals surface area contributed by atoms with Crippen LogP contribution in [0.1, 0.15) is 36.7 Å². The van der Waals surface area contributed by atoms with Crippen molar-refractivity contribution in [2.45, 2.75) is 26.3 Å². The minimum atomic E-state index is -0.309. The fourth-order valence-electron chi connectivity index (χ4n) is 2.80. The molecular weight excluding hydrogens is 354 g/mol. The number of likely N-dealkylation sites (N-methyl/N-ethyl adjacent to an activating group) is 1. The minimum Gasteiger partial charge on any atom is -0.347 e. The van der Waals surface area contributed by atoms with Gasteiger partial charge in [-0.2, -0.15) is 0 Å². The van der Waals surface area contributed by atoms with Crippen molar-refractivity contribution >= 4 is 23.3 Å². The van der Waals surface area contributed by atoms with Gasteiger partial charge in [0, 0.05) is 16.7 Å². The second kappa shape index (κ2) is 9.28. The monoisotopic (exact) mass is 382 g/mol. The summed E-state index contributed by atoms with van der Waals surface area (Å²) in [5, 5.41) is 5.68. The third-order valence-corrected chi connectivity index (χ3v) is 3.92. The molecule has 6 heteroatoms. The molecule has 0 aliphatic heterocycles. The Labute approximate surface area is 165 Å². The Hall–Kier alpha value is -2.99. The molecule has 2 aromatic carbocycles. The highest BCUT2D eigenvalue weighted by Crippen LogP contribution is 2.19. The Bertz CT molecular complexity index is 842. The predicted molar refractivity (Wildman–Crippen MR) is 109 cm³/mol. The number of amides is 2. The molecule has 0 aromatic heterocycles. The van der Waals surface area contributed by atoms with Gasteiger partial charge in [0.15, 0.2) is 18.9 Å². The van der Waals surface area contributed by atoms with E-state index in [0.29, 0.717) is 16.8 Å². The molecule has 3 N–H and O–H groups in total. The molecule has 0 saturated carbocycles. The van der Waals surface area contributed by atoms with E-state index in [2.05, 4.69) is 10.6 Å². The summed E-state index contributed by atoms with van der Waals surface area (Å²) in [6.45, 7) is 6.04. The molecule has 0 bridgehead atoms. The van der Waals surface area contributed by atoms with Crippen molar-refractivity contribution in [1.82, 2.24) is 5.32 Å². The van der Waals surface area contributed by atoms with Gasteiger partial charge in [-0.3, -0.25) is 14.4 Å². The zero-order valence-corrected chi connectivity index (χ0v) is 16.8. The van der Waals surface area contributed by atoms with Crippen molar-refractivity contribution < 1.29 is 19.3 Å². The van der Waals surface area contributed by atoms with E-state index in [4.69, 9.17) is 0 Å². The summed E-state index contributed by atoms with van der Waals surface area (Å²) < 4.78 is 0. The molecule has 0 heterocycles. The summed E-state index contributed by atoms with van der Waals surface area (Å²) in [7, 11) is 1.78. The lowest BCUT2D eigenvalue weighted by Crippen LogP contribution is -3.11. The van der Waals surface area contributed by atoms with Gasteiger partial charge in [0.2, 0.25) is 0 Å². The first kappa shape index (κ1) is 21.3. The van der Waals surface area contributed by atoms with E-state index in [1.54, 1.807) is 55.6 Å². The quantitative estimate of drug-likeness (QED) is 0.631. The Morgan fingerprint density at radius 1 is 0.857 bits per heavy atom. The van der Waals surface area contributed by atoms with Gasteiger partial charge in [0.1, 0.15) is 0 Å². The Morgan fingerprint density at radius 2 is 1.43 bits per heavy atom. The van der Waals surface area contributed by atoms with Gasteiger partial charge >= 0.3 is 0 Å². The van der Waals surface area contributed by atoms with Crippen molar-refractivity contribution in [3.63, 3.8) is 0 Å². The number of carbonyl (C=O) groups is 3. The van der Waals surface area contributed by atoms with Crippen LogP contribution < -0.4 is 15.5 Å². The second-order valence-corrected chi connectivity index (χ2v) is 7.90. The molecule has 1 atom stereocenters. The maximum absolute atomic E-state index is 12.7. The van der Waals surface area contributed by atoms with E-state index in [1.807, 2.05) is 26.8 Å². The molecule has 0 saturated heterocycles. The summed E-state index contributed by atoms with van der Waals surface area (Å²) in [6.07, 6.45) is 0. The zero-order valence-electron chi connectivity index (χ0n) is 16.8. The molecule has 2 amide bonds. The average molecular weight is 382 g/mol. The molecular formula is C22H28N3O3+. The number of benzene rings is 2. The highest BCUT2D eigenvalue weighted by molar-refractivity contribution is 6.13. The van der Waals surface area contributed by atoms with Gasteiger partial charge in [0.25, 0.3) is 11.8 Å². The Balaban J connectivity index is 2.01. The van der Waals surface area contributed by atoms with Crippen LogP contribution in [0.2, 0.25) is 0 Å². The van der Waals surface area contributed by atoms with Crippen molar-refractivity contribution in [1.29, 1.82) is 0 Å². The fourth-order valence-corrected chi connectivity index (χ4v) is 2.80. The molecule has 28 heavy (non-hydrogen) atoms. The molecule has 0 spiro atoms. The molecule has 2 aromatic rings. The normalized spacial score (nSPS) is 12.1. The van der Waals surface area contributed by atoms with Crippen molar-refractivity contribution in [3.05, 3.63) is 65.7 Å². The van der Waals surface area contributed by atoms with Crippen LogP contribution in [0.4, 0.5) is 5.69 Å². The predicted octanol–water partition coefficient (Wildman–Crippen LogP) is 1.29. The van der Waals surface area contributed by atoms with E-state index >= 15 is 0 Å². The maximum Gasteiger partial charge on any atom is 0.279 e. The third-order valence-electron chi connectivity index (χ3n) is 3.92. The lowest BCUT2D eigenvalue weighted by atomic mass is 10.0. The number of anilines is 1. The summed E-state index contributed by atoms with van der Waals surface area (Å²) >= 11 is 0. The molecule has 6 nitrogen and oxygen atoms in total. The van der Waals surface area contributed by atoms with Crippen LogP contribution >= 0.6 is 0 Å². The van der Waals surface area contributed by atoms with Gasteiger partial charge in [-0.15, -0.1) is 0 Å². The standard InChI is InChI=1S/C22H27N3O3/c1-22(2,3)24-20(27)15-25(4)14-19(26)23-18-13-9-8-12-17(18)21(28)16-10-6-5-7-11-16/h5-13H,14-15H2,1-4H3,(H,23,26)(H,24,27)/p+1. The first-order chi connectivity index (χ1) is 13.2. The van der Waals surface area contributed by atoms with E-state index in [9.17, 15) is 14.4 Å². The second-order valence-electron chi connectivity index (χ2n) is 7.90. The van der Waals surface area contributed by atoms with Gasteiger partial charge in [-0.1, -0.05) is 42.5 Å². The Kier molecular flexibility index (Phi) is 7.06. The third kappa shape index (κ3) is 6.63. The summed E-state index contributed by atoms with van der Waals surface area (Å²) in [4.78, 5) is 37.9. The molecule has 0 aliphatic carbocycles. The van der Waals surface area contributed by atoms with Gasteiger partial charge in [0.05, 0.1) is 12.7 Å². The fraction of sp³-hybridized carbons (Fsp3) is 0.318. The Morgan fingerprint density at radius 3 is 2.07 bits per heavy atom. The smallest absolute Gasteiger partial charge is 0.279 e. The van der Waals surface area contributed by atoms with Gasteiger partial charge in [-0.05, 0) is 32.9 Å². The number of nitrogens with one attached hydrogen (secondary N) is 3. The topological polar surface area (TPSA) is 79.7 Å². The number of hydrogen-bond donors (Lipinski definition) is 3. The number of para-hydroxylation sites is 1. The zero-order chi connectivity index (χ0) is 20.7. The molecule has 0 radical (unpaired) electrons. The SMILES string of the molecule is C[NH+](CC(=O)Nc1ccccc1C(=O)c1ccccc1)CC(=O)NC(C)(C)C. The van der Waals surface area contributed by atoms with Gasteiger partial charge in [-0.25, -0.2) is 0 Å². The molecule has 0 fully saturated rings. The van der Waals surface area contributed by atoms with Crippen molar-refractivity contribution in [2.75, 3.05) is 25.5 Å². The van der Waals surface area contributed by atoms with Gasteiger partial charge < -0.3 is 15.5 Å². The van der Waals surface area contributed by atoms with E-state index in [-0.39, 0.29) is 36.2 Å². The van der Waals surface area contributed by atoms with Crippen LogP contribution in [-0.2, 0) is 9.59 Å². The van der Waals surface area contributed by atoms with Crippen LogP contribution in [0, 0.1) is 0 Å². The average Bonchev–Trinajstić information content (AvgIpc) is 2.60. The van der Waals surface area contributed by atoms with Crippen molar-refractivity contribution in [3.8, 4) is 0 Å². The maximum atomic E-state index is 12.7. The van der Waals surface area contributed by atoms with Crippen LogP contribution in [0.5, 0.6) is 0 Å². The summed E-state index contributed by atoms with van der Waals surface area (Å²) in [6, 6.07) is 15.9. The first-order valence-electron chi connectivity index (χ1n) is 9.26. The summed E-state index contributed by atoms with van der Waals surface area (Å²) in [5.74, 6) is -0.520. The van der Waals surface area contributed by atoms with Crippen LogP contribution in [-0.4, -0.2) is 43.3 Å². The molecule has 148 valence electrons. The summed E-state index contributed by atoms with van der Waals surface area (Å²) in [5.41, 5.74) is 1.15. The molecule has 2 rings (SSSR count). The number of rotatable bonds is 7. The number of ketones is 1. The first-order valence-corrected chi connectivity index (χ1v) is 9.26. The minimum absolute atomic E-state index is 0.113. The lowest BCUT2D eigenvalue weighted by Gasteiger charge is -2.21. The van der Waals surface area contributed by atoms with Crippen LogP contribution in [0.25, 0.3) is 0 Å². The molecule has 0 aliphatic rings. The van der Waals surface area contributed by atoms with E-state index in [1.165, 1.54) is 0 Å². The number of carbonyl (C=O) groups excluding carboxylic acids is 3. The highest BCUT2D eigenvalue weighted by atomic mass is 16.2. The number of hydrogen-bond acceptors (Lipinski definition) is 3. The van der Waals surface area contributed by atoms with Crippen LogP contribution in [0.3, 0.4) is 0 Å². The van der Waals surface area contributed by atoms with E-state index < -0.39 is 0 Å². The number of quaternary nitrogens is 1. The highest BCUT2D eigenvalue weighted by Gasteiger charge is 2.20. The van der Waals surface area contributed by atoms with E-state index in [0.717, 1.165) is 4.90 Å². The van der Waals surface area contributed by atoms with Crippen molar-refractivity contribution in [2.24, 2.45) is 0 Å². The lowest BCUT2D eigenvalue weighted by molar-refractivity contribution is -0.862.